The number of rotatable bonds is 2. The molecule has 0 bridgehead atoms. The normalized spacial score (nSPS) is 10.2. The van der Waals surface area contributed by atoms with Crippen LogP contribution < -0.4 is 4.73 Å². The van der Waals surface area contributed by atoms with Gasteiger partial charge in [0.1, 0.15) is 0 Å². The summed E-state index contributed by atoms with van der Waals surface area (Å²) in [5, 5.41) is 22.5. The molecule has 17 heavy (non-hydrogen) atoms. The smallest absolute Gasteiger partial charge is 0.270 e. The fourth-order valence-electron chi connectivity index (χ4n) is 1.60. The SMILES string of the molecule is Cc1cccc(-c2cccc([N+](=O)[O-])c2)[n+]1[O-]. The van der Waals surface area contributed by atoms with Gasteiger partial charge in [0, 0.05) is 31.2 Å². The standard InChI is InChI=1S/C12H10N2O3/c1-9-4-2-7-12(13(9)15)10-5-3-6-11(8-10)14(16)17/h2-8H,1H3. The van der Waals surface area contributed by atoms with Gasteiger partial charge in [-0.25, -0.2) is 0 Å². The predicted octanol–water partition coefficient (Wildman–Crippen LogP) is 2.20. The van der Waals surface area contributed by atoms with Crippen LogP contribution in [-0.4, -0.2) is 4.92 Å². The van der Waals surface area contributed by atoms with Gasteiger partial charge >= 0.3 is 0 Å². The molecule has 0 saturated carbocycles. The van der Waals surface area contributed by atoms with Crippen molar-refractivity contribution in [2.45, 2.75) is 6.92 Å². The van der Waals surface area contributed by atoms with E-state index in [0.29, 0.717) is 17.0 Å². The molecule has 1 aromatic heterocycles. The van der Waals surface area contributed by atoms with Crippen LogP contribution in [0.3, 0.4) is 0 Å². The van der Waals surface area contributed by atoms with Gasteiger partial charge in [0.05, 0.1) is 10.5 Å². The van der Waals surface area contributed by atoms with Gasteiger partial charge in [0.25, 0.3) is 5.69 Å². The number of nitro groups is 1. The number of nitro benzene ring substituents is 1. The minimum atomic E-state index is -0.478. The minimum absolute atomic E-state index is 0.0241. The highest BCUT2D eigenvalue weighted by Gasteiger charge is 2.13. The number of hydrogen-bond acceptors (Lipinski definition) is 3. The van der Waals surface area contributed by atoms with Crippen molar-refractivity contribution in [1.29, 1.82) is 0 Å². The molecule has 0 aliphatic carbocycles. The van der Waals surface area contributed by atoms with Gasteiger partial charge < -0.3 is 5.21 Å². The molecular formula is C12H10N2O3. The summed E-state index contributed by atoms with van der Waals surface area (Å²) in [6.45, 7) is 1.69. The summed E-state index contributed by atoms with van der Waals surface area (Å²) in [5.74, 6) is 0. The van der Waals surface area contributed by atoms with Gasteiger partial charge in [-0.15, -0.1) is 0 Å². The average molecular weight is 230 g/mol. The molecule has 0 aliphatic heterocycles. The molecule has 0 atom stereocenters. The predicted molar refractivity (Wildman–Crippen MR) is 62.2 cm³/mol. The first-order chi connectivity index (χ1) is 8.09. The molecule has 0 unspecified atom stereocenters. The number of benzene rings is 1. The second kappa shape index (κ2) is 4.21. The maximum atomic E-state index is 11.8. The van der Waals surface area contributed by atoms with Crippen molar-refractivity contribution >= 4 is 5.69 Å². The van der Waals surface area contributed by atoms with Crippen LogP contribution in [-0.2, 0) is 0 Å². The molecule has 5 heteroatoms. The molecule has 0 saturated heterocycles. The number of non-ortho nitro benzene ring substituents is 1. The largest absolute Gasteiger partial charge is 0.618 e. The first-order valence-electron chi connectivity index (χ1n) is 5.03. The van der Waals surface area contributed by atoms with E-state index in [4.69, 9.17) is 0 Å². The Balaban J connectivity index is 2.57. The first-order valence-corrected chi connectivity index (χ1v) is 5.03. The third-order valence-corrected chi connectivity index (χ3v) is 2.48. The van der Waals surface area contributed by atoms with Crippen LogP contribution >= 0.6 is 0 Å². The Morgan fingerprint density at radius 2 is 1.88 bits per heavy atom. The van der Waals surface area contributed by atoms with Crippen LogP contribution in [0.2, 0.25) is 0 Å². The van der Waals surface area contributed by atoms with E-state index in [2.05, 4.69) is 0 Å². The molecule has 0 fully saturated rings. The molecular weight excluding hydrogens is 220 g/mol. The van der Waals surface area contributed by atoms with Crippen molar-refractivity contribution in [2.75, 3.05) is 0 Å². The quantitative estimate of drug-likeness (QED) is 0.343. The van der Waals surface area contributed by atoms with E-state index in [9.17, 15) is 15.3 Å². The number of nitrogens with zero attached hydrogens (tertiary/aromatic N) is 2. The number of aromatic nitrogens is 1. The first kappa shape index (κ1) is 11.1. The third kappa shape index (κ3) is 2.08. The highest BCUT2D eigenvalue weighted by molar-refractivity contribution is 5.60. The molecule has 2 aromatic rings. The van der Waals surface area contributed by atoms with Crippen molar-refractivity contribution < 1.29 is 9.65 Å². The lowest BCUT2D eigenvalue weighted by Gasteiger charge is -2.06. The zero-order chi connectivity index (χ0) is 12.4. The lowest BCUT2D eigenvalue weighted by Crippen LogP contribution is -2.32. The fourth-order valence-corrected chi connectivity index (χ4v) is 1.60. The zero-order valence-electron chi connectivity index (χ0n) is 9.16. The van der Waals surface area contributed by atoms with Gasteiger partial charge in [0.2, 0.25) is 5.69 Å². The van der Waals surface area contributed by atoms with E-state index in [1.807, 2.05) is 0 Å². The van der Waals surface area contributed by atoms with E-state index in [1.54, 1.807) is 37.3 Å². The molecule has 5 nitrogen and oxygen atoms in total. The van der Waals surface area contributed by atoms with Crippen LogP contribution in [0.15, 0.2) is 42.5 Å². The van der Waals surface area contributed by atoms with Crippen molar-refractivity contribution in [3.8, 4) is 11.3 Å². The molecule has 2 rings (SSSR count). The molecule has 0 spiro atoms. The Kier molecular flexibility index (Phi) is 2.74. The maximum Gasteiger partial charge on any atom is 0.270 e. The van der Waals surface area contributed by atoms with Crippen molar-refractivity contribution in [3.63, 3.8) is 0 Å². The molecule has 1 heterocycles. The van der Waals surface area contributed by atoms with Gasteiger partial charge in [-0.2, -0.15) is 4.73 Å². The number of aryl methyl sites for hydroxylation is 1. The van der Waals surface area contributed by atoms with Crippen LogP contribution in [0.25, 0.3) is 11.3 Å². The minimum Gasteiger partial charge on any atom is -0.618 e. The summed E-state index contributed by atoms with van der Waals surface area (Å²) >= 11 is 0. The number of pyridine rings is 1. The van der Waals surface area contributed by atoms with Gasteiger partial charge in [-0.3, -0.25) is 10.1 Å². The van der Waals surface area contributed by atoms with E-state index >= 15 is 0 Å². The van der Waals surface area contributed by atoms with Gasteiger partial charge in [-0.05, 0) is 12.1 Å². The average Bonchev–Trinajstić information content (AvgIpc) is 2.33. The highest BCUT2D eigenvalue weighted by atomic mass is 16.6. The second-order valence-corrected chi connectivity index (χ2v) is 3.65. The van der Waals surface area contributed by atoms with Crippen molar-refractivity contribution in [3.05, 3.63) is 63.5 Å². The molecule has 0 amide bonds. The lowest BCUT2D eigenvalue weighted by molar-refractivity contribution is -0.600. The van der Waals surface area contributed by atoms with Crippen LogP contribution in [0, 0.1) is 22.2 Å². The zero-order valence-corrected chi connectivity index (χ0v) is 9.16. The monoisotopic (exact) mass is 230 g/mol. The Morgan fingerprint density at radius 3 is 2.59 bits per heavy atom. The molecule has 86 valence electrons. The van der Waals surface area contributed by atoms with E-state index in [1.165, 1.54) is 12.1 Å². The van der Waals surface area contributed by atoms with E-state index < -0.39 is 4.92 Å². The molecule has 0 aliphatic rings. The highest BCUT2D eigenvalue weighted by Crippen LogP contribution is 2.21. The summed E-state index contributed by atoms with van der Waals surface area (Å²) in [6, 6.07) is 11.1. The van der Waals surface area contributed by atoms with Crippen LogP contribution in [0.5, 0.6) is 0 Å². The van der Waals surface area contributed by atoms with E-state index in [0.717, 1.165) is 4.73 Å². The summed E-state index contributed by atoms with van der Waals surface area (Å²) in [6.07, 6.45) is 0. The fraction of sp³-hybridized carbons (Fsp3) is 0.0833. The summed E-state index contributed by atoms with van der Waals surface area (Å²) < 4.78 is 0.763. The van der Waals surface area contributed by atoms with Crippen LogP contribution in [0.1, 0.15) is 5.69 Å². The Hall–Kier alpha value is -2.43. The summed E-state index contributed by atoms with van der Waals surface area (Å²) in [7, 11) is 0. The molecule has 1 aromatic carbocycles. The summed E-state index contributed by atoms with van der Waals surface area (Å²) in [5.41, 5.74) is 1.48. The van der Waals surface area contributed by atoms with Crippen molar-refractivity contribution in [2.24, 2.45) is 0 Å². The lowest BCUT2D eigenvalue weighted by atomic mass is 10.1. The maximum absolute atomic E-state index is 11.8. The Bertz CT molecular complexity index is 582. The third-order valence-electron chi connectivity index (χ3n) is 2.48. The second-order valence-electron chi connectivity index (χ2n) is 3.65. The molecule has 0 N–H and O–H groups in total. The molecule has 0 radical (unpaired) electrons. The Labute approximate surface area is 97.7 Å². The Morgan fingerprint density at radius 1 is 1.18 bits per heavy atom. The van der Waals surface area contributed by atoms with Crippen LogP contribution in [0.4, 0.5) is 5.69 Å². The number of hydrogen-bond donors (Lipinski definition) is 0. The topological polar surface area (TPSA) is 70.1 Å². The van der Waals surface area contributed by atoms with E-state index in [-0.39, 0.29) is 5.69 Å². The summed E-state index contributed by atoms with van der Waals surface area (Å²) in [4.78, 5) is 10.2. The van der Waals surface area contributed by atoms with Gasteiger partial charge in [0.15, 0.2) is 5.69 Å². The van der Waals surface area contributed by atoms with Crippen molar-refractivity contribution in [1.82, 2.24) is 0 Å². The van der Waals surface area contributed by atoms with Gasteiger partial charge in [-0.1, -0.05) is 6.07 Å².